The zero-order chi connectivity index (χ0) is 18.7. The average molecular weight is 357 g/mol. The number of hydrogen-bond donors (Lipinski definition) is 1. The molecule has 1 aliphatic rings. The first kappa shape index (κ1) is 18.0. The fourth-order valence-electron chi connectivity index (χ4n) is 2.86. The first-order chi connectivity index (χ1) is 12.5. The lowest BCUT2D eigenvalue weighted by Gasteiger charge is -2.09. The summed E-state index contributed by atoms with van der Waals surface area (Å²) in [6.45, 7) is 4.90. The monoisotopic (exact) mass is 357 g/mol. The Morgan fingerprint density at radius 1 is 1.15 bits per heavy atom. The minimum absolute atomic E-state index is 0.101. The van der Waals surface area contributed by atoms with Crippen LogP contribution in [0.2, 0.25) is 0 Å². The number of carbonyl (C=O) groups is 2. The van der Waals surface area contributed by atoms with Gasteiger partial charge in [-0.2, -0.15) is 5.10 Å². The Kier molecular flexibility index (Phi) is 5.25. The molecule has 0 atom stereocenters. The van der Waals surface area contributed by atoms with Crippen molar-refractivity contribution in [3.05, 3.63) is 35.2 Å². The van der Waals surface area contributed by atoms with E-state index in [1.807, 2.05) is 20.9 Å². The fraction of sp³-hybridized carbons (Fsp3) is 0.421. The van der Waals surface area contributed by atoms with Gasteiger partial charge in [-0.15, -0.1) is 0 Å². The number of ketones is 1. The van der Waals surface area contributed by atoms with Gasteiger partial charge in [0.25, 0.3) is 0 Å². The highest BCUT2D eigenvalue weighted by atomic mass is 16.5. The number of benzene rings is 1. The van der Waals surface area contributed by atoms with Crippen molar-refractivity contribution in [1.82, 2.24) is 9.78 Å². The van der Waals surface area contributed by atoms with Crippen LogP contribution in [0.15, 0.2) is 18.2 Å². The van der Waals surface area contributed by atoms with Crippen molar-refractivity contribution in [2.24, 2.45) is 7.05 Å². The van der Waals surface area contributed by atoms with Crippen LogP contribution >= 0.6 is 0 Å². The highest BCUT2D eigenvalue weighted by Gasteiger charge is 2.17. The normalized spacial score (nSPS) is 13.2. The van der Waals surface area contributed by atoms with Crippen LogP contribution in [0.4, 0.5) is 5.69 Å². The maximum Gasteiger partial charge on any atom is 0.224 e. The van der Waals surface area contributed by atoms with Gasteiger partial charge in [0, 0.05) is 31.9 Å². The molecule has 0 radical (unpaired) electrons. The van der Waals surface area contributed by atoms with Gasteiger partial charge in [-0.3, -0.25) is 14.3 Å². The van der Waals surface area contributed by atoms with Crippen LogP contribution in [-0.4, -0.2) is 34.7 Å². The third-order valence-corrected chi connectivity index (χ3v) is 4.42. The van der Waals surface area contributed by atoms with E-state index >= 15 is 0 Å². The number of carbonyl (C=O) groups excluding carboxylic acids is 2. The average Bonchev–Trinajstić information content (AvgIpc) is 2.82. The number of Topliss-reactive ketones (excluding diaryl/α,β-unsaturated/α-hetero) is 1. The molecule has 138 valence electrons. The predicted molar refractivity (Wildman–Crippen MR) is 96.9 cm³/mol. The third-order valence-electron chi connectivity index (χ3n) is 4.42. The van der Waals surface area contributed by atoms with E-state index in [1.165, 1.54) is 0 Å². The number of nitrogens with one attached hydrogen (secondary N) is 1. The Labute approximate surface area is 152 Å². The number of hydrogen-bond acceptors (Lipinski definition) is 5. The number of anilines is 1. The van der Waals surface area contributed by atoms with E-state index in [-0.39, 0.29) is 24.5 Å². The molecule has 1 aromatic carbocycles. The molecule has 3 rings (SSSR count). The zero-order valence-electron chi connectivity index (χ0n) is 15.3. The summed E-state index contributed by atoms with van der Waals surface area (Å²) in [6.07, 6.45) is 1.05. The van der Waals surface area contributed by atoms with Crippen molar-refractivity contribution in [3.63, 3.8) is 0 Å². The van der Waals surface area contributed by atoms with Crippen molar-refractivity contribution in [2.45, 2.75) is 33.1 Å². The van der Waals surface area contributed by atoms with Crippen molar-refractivity contribution in [3.8, 4) is 11.5 Å². The Bertz CT molecular complexity index is 842. The lowest BCUT2D eigenvalue weighted by Crippen LogP contribution is -2.14. The molecule has 1 amide bonds. The largest absolute Gasteiger partial charge is 0.490 e. The molecule has 7 nitrogen and oxygen atoms in total. The predicted octanol–water partition coefficient (Wildman–Crippen LogP) is 2.80. The van der Waals surface area contributed by atoms with Gasteiger partial charge in [0.2, 0.25) is 5.91 Å². The fourth-order valence-corrected chi connectivity index (χ4v) is 2.86. The number of aromatic nitrogens is 2. The lowest BCUT2D eigenvalue weighted by molar-refractivity contribution is -0.116. The molecule has 0 saturated carbocycles. The van der Waals surface area contributed by atoms with E-state index in [0.717, 1.165) is 17.8 Å². The van der Waals surface area contributed by atoms with Crippen LogP contribution in [0.5, 0.6) is 11.5 Å². The molecule has 7 heteroatoms. The SMILES string of the molecule is Cc1nn(C)c(C)c1NC(=O)CCC(=O)c1ccc2c(c1)OCCCO2. The second kappa shape index (κ2) is 7.59. The van der Waals surface area contributed by atoms with Gasteiger partial charge in [0.05, 0.1) is 30.3 Å². The summed E-state index contributed by atoms with van der Waals surface area (Å²) >= 11 is 0. The van der Waals surface area contributed by atoms with Crippen LogP contribution in [0.1, 0.15) is 41.0 Å². The van der Waals surface area contributed by atoms with Crippen molar-refractivity contribution in [2.75, 3.05) is 18.5 Å². The third kappa shape index (κ3) is 3.87. The minimum Gasteiger partial charge on any atom is -0.490 e. The summed E-state index contributed by atoms with van der Waals surface area (Å²) in [5.74, 6) is 0.932. The quantitative estimate of drug-likeness (QED) is 0.832. The molecule has 1 N–H and O–H groups in total. The molecule has 0 bridgehead atoms. The molecule has 0 aliphatic carbocycles. The molecule has 0 fully saturated rings. The molecule has 2 aromatic rings. The number of nitrogens with zero attached hydrogens (tertiary/aromatic N) is 2. The number of fused-ring (bicyclic) bond motifs is 1. The van der Waals surface area contributed by atoms with E-state index in [2.05, 4.69) is 10.4 Å². The van der Waals surface area contributed by atoms with Gasteiger partial charge in [0.1, 0.15) is 0 Å². The Morgan fingerprint density at radius 2 is 1.88 bits per heavy atom. The smallest absolute Gasteiger partial charge is 0.224 e. The summed E-state index contributed by atoms with van der Waals surface area (Å²) in [5, 5.41) is 7.11. The van der Waals surface area contributed by atoms with Crippen LogP contribution in [0.25, 0.3) is 0 Å². The summed E-state index contributed by atoms with van der Waals surface area (Å²) in [7, 11) is 1.83. The lowest BCUT2D eigenvalue weighted by atomic mass is 10.1. The number of aryl methyl sites for hydroxylation is 2. The van der Waals surface area contributed by atoms with E-state index in [4.69, 9.17) is 9.47 Å². The molecule has 1 aliphatic heterocycles. The highest BCUT2D eigenvalue weighted by Crippen LogP contribution is 2.31. The van der Waals surface area contributed by atoms with E-state index in [0.29, 0.717) is 36.0 Å². The summed E-state index contributed by atoms with van der Waals surface area (Å²) in [6, 6.07) is 5.15. The van der Waals surface area contributed by atoms with Gasteiger partial charge in [-0.05, 0) is 32.0 Å². The van der Waals surface area contributed by atoms with Crippen molar-refractivity contribution < 1.29 is 19.1 Å². The highest BCUT2D eigenvalue weighted by molar-refractivity contribution is 6.00. The molecular weight excluding hydrogens is 334 g/mol. The van der Waals surface area contributed by atoms with Gasteiger partial charge >= 0.3 is 0 Å². The molecule has 0 saturated heterocycles. The van der Waals surface area contributed by atoms with E-state index in [9.17, 15) is 9.59 Å². The Balaban J connectivity index is 1.60. The van der Waals surface area contributed by atoms with Crippen LogP contribution in [-0.2, 0) is 11.8 Å². The molecular formula is C19H23N3O4. The van der Waals surface area contributed by atoms with E-state index in [1.54, 1.807) is 22.9 Å². The van der Waals surface area contributed by atoms with E-state index < -0.39 is 0 Å². The van der Waals surface area contributed by atoms with Crippen LogP contribution in [0, 0.1) is 13.8 Å². The summed E-state index contributed by atoms with van der Waals surface area (Å²) in [5.41, 5.74) is 2.87. The first-order valence-corrected chi connectivity index (χ1v) is 8.68. The van der Waals surface area contributed by atoms with Gasteiger partial charge in [0.15, 0.2) is 17.3 Å². The number of amides is 1. The zero-order valence-corrected chi connectivity index (χ0v) is 15.3. The first-order valence-electron chi connectivity index (χ1n) is 8.68. The van der Waals surface area contributed by atoms with Gasteiger partial charge in [-0.25, -0.2) is 0 Å². The molecule has 0 spiro atoms. The van der Waals surface area contributed by atoms with Crippen molar-refractivity contribution >= 4 is 17.4 Å². The Hall–Kier alpha value is -2.83. The second-order valence-corrected chi connectivity index (χ2v) is 6.35. The minimum atomic E-state index is -0.202. The molecule has 1 aromatic heterocycles. The topological polar surface area (TPSA) is 82.5 Å². The van der Waals surface area contributed by atoms with Gasteiger partial charge < -0.3 is 14.8 Å². The van der Waals surface area contributed by atoms with Crippen LogP contribution < -0.4 is 14.8 Å². The Morgan fingerprint density at radius 3 is 2.58 bits per heavy atom. The summed E-state index contributed by atoms with van der Waals surface area (Å²) in [4.78, 5) is 24.6. The molecule has 0 unspecified atom stereocenters. The number of ether oxygens (including phenoxy) is 2. The molecule has 2 heterocycles. The molecule has 26 heavy (non-hydrogen) atoms. The van der Waals surface area contributed by atoms with Crippen molar-refractivity contribution in [1.29, 1.82) is 0 Å². The van der Waals surface area contributed by atoms with Crippen LogP contribution in [0.3, 0.4) is 0 Å². The summed E-state index contributed by atoms with van der Waals surface area (Å²) < 4.78 is 12.9. The standard InChI is InChI=1S/C19H23N3O4/c1-12-19(13(2)22(3)21-12)20-18(24)8-6-15(23)14-5-7-16-17(11-14)26-10-4-9-25-16/h5,7,11H,4,6,8-10H2,1-3H3,(H,20,24). The maximum absolute atomic E-state index is 12.4. The maximum atomic E-state index is 12.4. The number of rotatable bonds is 5. The second-order valence-electron chi connectivity index (χ2n) is 6.35. The van der Waals surface area contributed by atoms with Gasteiger partial charge in [-0.1, -0.05) is 0 Å².